The minimum absolute atomic E-state index is 0.733. The largest absolute Gasteiger partial charge is 0.316 e. The van der Waals surface area contributed by atoms with Crippen molar-refractivity contribution in [2.45, 2.75) is 47.0 Å². The van der Waals surface area contributed by atoms with Gasteiger partial charge in [0, 0.05) is 11.3 Å². The van der Waals surface area contributed by atoms with Crippen LogP contribution in [0.4, 0.5) is 0 Å². The molecule has 0 radical (unpaired) electrons. The van der Waals surface area contributed by atoms with E-state index in [-0.39, 0.29) is 0 Å². The van der Waals surface area contributed by atoms with Crippen LogP contribution in [0.3, 0.4) is 0 Å². The zero-order valence-electron chi connectivity index (χ0n) is 11.0. The lowest BCUT2D eigenvalue weighted by molar-refractivity contribution is 0.459. The summed E-state index contributed by atoms with van der Waals surface area (Å²) in [6.45, 7) is 11.0. The molecule has 0 aromatic carbocycles. The molecule has 1 unspecified atom stereocenters. The monoisotopic (exact) mass is 240 g/mol. The van der Waals surface area contributed by atoms with Crippen molar-refractivity contribution in [3.63, 3.8) is 0 Å². The minimum Gasteiger partial charge on any atom is -0.316 e. The number of hydrogen-bond donors (Lipinski definition) is 1. The smallest absolute Gasteiger partial charge is 0.0934 e. The Labute approximate surface area is 103 Å². The van der Waals surface area contributed by atoms with E-state index in [0.717, 1.165) is 25.4 Å². The molecule has 2 nitrogen and oxygen atoms in total. The van der Waals surface area contributed by atoms with Gasteiger partial charge in [0.15, 0.2) is 0 Å². The van der Waals surface area contributed by atoms with E-state index < -0.39 is 0 Å². The van der Waals surface area contributed by atoms with Gasteiger partial charge in [-0.25, -0.2) is 4.98 Å². The number of rotatable bonds is 7. The summed E-state index contributed by atoms with van der Waals surface area (Å²) in [7, 11) is 0. The fourth-order valence-corrected chi connectivity index (χ4v) is 2.77. The average Bonchev–Trinajstić information content (AvgIpc) is 2.57. The second kappa shape index (κ2) is 7.02. The Morgan fingerprint density at radius 3 is 2.56 bits per heavy atom. The molecule has 0 aliphatic carbocycles. The summed E-state index contributed by atoms with van der Waals surface area (Å²) in [5.41, 5.74) is 1.20. The maximum Gasteiger partial charge on any atom is 0.0934 e. The predicted molar refractivity (Wildman–Crippen MR) is 72.2 cm³/mol. The van der Waals surface area contributed by atoms with Gasteiger partial charge >= 0.3 is 0 Å². The second-order valence-corrected chi connectivity index (χ2v) is 5.72. The van der Waals surface area contributed by atoms with Crippen LogP contribution >= 0.6 is 11.3 Å². The summed E-state index contributed by atoms with van der Waals surface area (Å²) in [4.78, 5) is 5.98. The lowest BCUT2D eigenvalue weighted by Gasteiger charge is -2.13. The van der Waals surface area contributed by atoms with Gasteiger partial charge in [-0.15, -0.1) is 11.3 Å². The van der Waals surface area contributed by atoms with Gasteiger partial charge in [-0.1, -0.05) is 20.3 Å². The van der Waals surface area contributed by atoms with Crippen molar-refractivity contribution in [1.29, 1.82) is 0 Å². The van der Waals surface area contributed by atoms with E-state index >= 15 is 0 Å². The number of aromatic nitrogens is 1. The maximum atomic E-state index is 4.62. The van der Waals surface area contributed by atoms with Crippen LogP contribution in [0.5, 0.6) is 0 Å². The fourth-order valence-electron chi connectivity index (χ4n) is 1.72. The molecule has 1 N–H and O–H groups in total. The van der Waals surface area contributed by atoms with Gasteiger partial charge in [-0.05, 0) is 39.3 Å². The molecule has 0 aliphatic rings. The molecule has 0 aliphatic heterocycles. The third kappa shape index (κ3) is 4.22. The molecule has 0 fully saturated rings. The Balaban J connectivity index is 2.43. The van der Waals surface area contributed by atoms with Crippen LogP contribution in [0.1, 0.15) is 42.3 Å². The van der Waals surface area contributed by atoms with Crippen LogP contribution in [0.25, 0.3) is 0 Å². The first-order chi connectivity index (χ1) is 7.67. The molecule has 1 heterocycles. The van der Waals surface area contributed by atoms with Crippen LogP contribution < -0.4 is 5.32 Å². The number of hydrogen-bond acceptors (Lipinski definition) is 3. The molecule has 0 saturated carbocycles. The van der Waals surface area contributed by atoms with Crippen molar-refractivity contribution in [3.05, 3.63) is 15.6 Å². The highest BCUT2D eigenvalue weighted by Crippen LogP contribution is 2.20. The van der Waals surface area contributed by atoms with Crippen molar-refractivity contribution in [2.75, 3.05) is 13.1 Å². The van der Waals surface area contributed by atoms with Gasteiger partial charge in [-0.3, -0.25) is 0 Å². The Hall–Kier alpha value is -0.410. The molecule has 0 saturated heterocycles. The standard InChI is InChI=1S/C13H24N2S/c1-5-7-14-9-12(6-2)8-13-15-10(3)11(4)16-13/h12,14H,5-9H2,1-4H3. The highest BCUT2D eigenvalue weighted by molar-refractivity contribution is 7.11. The van der Waals surface area contributed by atoms with Crippen LogP contribution in [-0.2, 0) is 6.42 Å². The third-order valence-electron chi connectivity index (χ3n) is 2.97. The second-order valence-electron chi connectivity index (χ2n) is 4.43. The third-order valence-corrected chi connectivity index (χ3v) is 4.07. The van der Waals surface area contributed by atoms with Crippen LogP contribution in [0, 0.1) is 19.8 Å². The molecular weight excluding hydrogens is 216 g/mol. The number of thiazole rings is 1. The molecule has 0 amide bonds. The summed E-state index contributed by atoms with van der Waals surface area (Å²) >= 11 is 1.86. The van der Waals surface area contributed by atoms with E-state index in [1.54, 1.807) is 0 Å². The highest BCUT2D eigenvalue weighted by Gasteiger charge is 2.11. The first-order valence-corrected chi connectivity index (χ1v) is 7.12. The quantitative estimate of drug-likeness (QED) is 0.740. The van der Waals surface area contributed by atoms with Gasteiger partial charge in [-0.2, -0.15) is 0 Å². The maximum absolute atomic E-state index is 4.62. The number of aryl methyl sites for hydroxylation is 2. The zero-order chi connectivity index (χ0) is 12.0. The van der Waals surface area contributed by atoms with Gasteiger partial charge < -0.3 is 5.32 Å². The molecule has 1 atom stereocenters. The Morgan fingerprint density at radius 1 is 1.31 bits per heavy atom. The van der Waals surface area contributed by atoms with Crippen LogP contribution in [0.15, 0.2) is 0 Å². The molecular formula is C13H24N2S. The van der Waals surface area contributed by atoms with Crippen LogP contribution in [-0.4, -0.2) is 18.1 Å². The SMILES string of the molecule is CCCNCC(CC)Cc1nc(C)c(C)s1. The van der Waals surface area contributed by atoms with Crippen molar-refractivity contribution < 1.29 is 0 Å². The lowest BCUT2D eigenvalue weighted by atomic mass is 10.0. The molecule has 0 spiro atoms. The van der Waals surface area contributed by atoms with E-state index in [1.807, 2.05) is 11.3 Å². The molecule has 1 aromatic rings. The number of nitrogens with one attached hydrogen (secondary N) is 1. The van der Waals surface area contributed by atoms with E-state index in [2.05, 4.69) is 38.0 Å². The number of nitrogens with zero attached hydrogens (tertiary/aromatic N) is 1. The Kier molecular flexibility index (Phi) is 5.99. The minimum atomic E-state index is 0.733. The Bertz CT molecular complexity index is 287. The fraction of sp³-hybridized carbons (Fsp3) is 0.769. The topological polar surface area (TPSA) is 24.9 Å². The normalized spacial score (nSPS) is 13.0. The van der Waals surface area contributed by atoms with E-state index in [1.165, 1.54) is 28.4 Å². The van der Waals surface area contributed by atoms with Gasteiger partial charge in [0.05, 0.1) is 10.7 Å². The van der Waals surface area contributed by atoms with Crippen molar-refractivity contribution in [2.24, 2.45) is 5.92 Å². The van der Waals surface area contributed by atoms with E-state index in [0.29, 0.717) is 0 Å². The molecule has 92 valence electrons. The van der Waals surface area contributed by atoms with Gasteiger partial charge in [0.25, 0.3) is 0 Å². The first kappa shape index (κ1) is 13.7. The summed E-state index contributed by atoms with van der Waals surface area (Å²) < 4.78 is 0. The van der Waals surface area contributed by atoms with Gasteiger partial charge in [0.1, 0.15) is 0 Å². The molecule has 16 heavy (non-hydrogen) atoms. The predicted octanol–water partition coefficient (Wildman–Crippen LogP) is 3.33. The van der Waals surface area contributed by atoms with E-state index in [9.17, 15) is 0 Å². The van der Waals surface area contributed by atoms with Crippen LogP contribution in [0.2, 0.25) is 0 Å². The molecule has 3 heteroatoms. The van der Waals surface area contributed by atoms with Crippen molar-refractivity contribution in [1.82, 2.24) is 10.3 Å². The first-order valence-electron chi connectivity index (χ1n) is 6.31. The molecule has 1 aromatic heterocycles. The Morgan fingerprint density at radius 2 is 2.06 bits per heavy atom. The van der Waals surface area contributed by atoms with E-state index in [4.69, 9.17) is 0 Å². The molecule has 1 rings (SSSR count). The highest BCUT2D eigenvalue weighted by atomic mass is 32.1. The summed E-state index contributed by atoms with van der Waals surface area (Å²) in [6, 6.07) is 0. The van der Waals surface area contributed by atoms with Crippen molar-refractivity contribution >= 4 is 11.3 Å². The summed E-state index contributed by atoms with van der Waals surface area (Å²) in [6.07, 6.45) is 3.58. The summed E-state index contributed by atoms with van der Waals surface area (Å²) in [5.74, 6) is 0.733. The average molecular weight is 240 g/mol. The summed E-state index contributed by atoms with van der Waals surface area (Å²) in [5, 5.41) is 4.81. The zero-order valence-corrected chi connectivity index (χ0v) is 11.8. The van der Waals surface area contributed by atoms with Gasteiger partial charge in [0.2, 0.25) is 0 Å². The molecule has 0 bridgehead atoms. The van der Waals surface area contributed by atoms with Crippen molar-refractivity contribution in [3.8, 4) is 0 Å². The lowest BCUT2D eigenvalue weighted by Crippen LogP contribution is -2.24.